The molecule has 23 heavy (non-hydrogen) atoms. The summed E-state index contributed by atoms with van der Waals surface area (Å²) < 4.78 is 19.2. The number of H-pyrrole nitrogens is 1. The van der Waals surface area contributed by atoms with Crippen LogP contribution in [0.4, 0.5) is 10.2 Å². The Kier molecular flexibility index (Phi) is 3.72. The smallest absolute Gasteiger partial charge is 0.165 e. The molecular formula is C16H20FN5O. The van der Waals surface area contributed by atoms with Gasteiger partial charge in [0.05, 0.1) is 0 Å². The van der Waals surface area contributed by atoms with E-state index in [1.54, 1.807) is 19.4 Å². The molecule has 2 aromatic heterocycles. The van der Waals surface area contributed by atoms with Gasteiger partial charge in [-0.3, -0.25) is 5.10 Å². The second-order valence-electron chi connectivity index (χ2n) is 6.39. The number of aromatic amines is 1. The number of ether oxygens (including phenoxy) is 1. The summed E-state index contributed by atoms with van der Waals surface area (Å²) in [5, 5.41) is 7.31. The quantitative estimate of drug-likeness (QED) is 0.915. The van der Waals surface area contributed by atoms with Crippen LogP contribution in [0.15, 0.2) is 18.3 Å². The first kappa shape index (κ1) is 14.6. The van der Waals surface area contributed by atoms with Crippen molar-refractivity contribution in [2.24, 2.45) is 11.8 Å². The Morgan fingerprint density at radius 1 is 1.39 bits per heavy atom. The van der Waals surface area contributed by atoms with Gasteiger partial charge < -0.3 is 9.64 Å². The zero-order valence-corrected chi connectivity index (χ0v) is 13.1. The van der Waals surface area contributed by atoms with E-state index in [1.165, 1.54) is 18.9 Å². The largest absolute Gasteiger partial charge is 0.377 e. The van der Waals surface area contributed by atoms with Crippen molar-refractivity contribution in [3.63, 3.8) is 0 Å². The maximum atomic E-state index is 14.1. The lowest BCUT2D eigenvalue weighted by molar-refractivity contribution is 0.178. The van der Waals surface area contributed by atoms with Crippen molar-refractivity contribution in [3.05, 3.63) is 35.8 Å². The van der Waals surface area contributed by atoms with E-state index in [1.807, 2.05) is 4.90 Å². The number of nitrogens with one attached hydrogen (secondary N) is 1. The van der Waals surface area contributed by atoms with Crippen LogP contribution in [0.25, 0.3) is 0 Å². The molecule has 1 saturated heterocycles. The molecule has 0 radical (unpaired) electrons. The highest BCUT2D eigenvalue weighted by Gasteiger charge is 2.45. The van der Waals surface area contributed by atoms with E-state index in [9.17, 15) is 4.39 Å². The predicted octanol–water partition coefficient (Wildman–Crippen LogP) is 2.12. The zero-order chi connectivity index (χ0) is 15.8. The Hall–Kier alpha value is -2.02. The van der Waals surface area contributed by atoms with Gasteiger partial charge in [0.25, 0.3) is 0 Å². The van der Waals surface area contributed by atoms with Crippen LogP contribution in [-0.4, -0.2) is 40.4 Å². The van der Waals surface area contributed by atoms with E-state index in [4.69, 9.17) is 4.74 Å². The van der Waals surface area contributed by atoms with E-state index in [0.717, 1.165) is 18.2 Å². The average Bonchev–Trinajstić information content (AvgIpc) is 3.13. The van der Waals surface area contributed by atoms with Crippen molar-refractivity contribution in [2.75, 3.05) is 25.1 Å². The molecule has 0 aromatic carbocycles. The number of anilines is 1. The molecule has 122 valence electrons. The van der Waals surface area contributed by atoms with Crippen molar-refractivity contribution < 1.29 is 9.13 Å². The first-order chi connectivity index (χ1) is 11.3. The van der Waals surface area contributed by atoms with Crippen LogP contribution < -0.4 is 4.90 Å². The fourth-order valence-corrected chi connectivity index (χ4v) is 3.56. The van der Waals surface area contributed by atoms with Gasteiger partial charge in [-0.15, -0.1) is 0 Å². The molecule has 0 amide bonds. The molecule has 0 bridgehead atoms. The lowest BCUT2D eigenvalue weighted by atomic mass is 9.91. The number of halogens is 1. The number of pyridine rings is 1. The summed E-state index contributed by atoms with van der Waals surface area (Å²) >= 11 is 0. The number of hydrogen-bond acceptors (Lipinski definition) is 5. The second-order valence-corrected chi connectivity index (χ2v) is 6.39. The summed E-state index contributed by atoms with van der Waals surface area (Å²) in [6.07, 6.45) is 4.13. The topological polar surface area (TPSA) is 66.9 Å². The van der Waals surface area contributed by atoms with Gasteiger partial charge in [0.2, 0.25) is 0 Å². The van der Waals surface area contributed by atoms with Gasteiger partial charge >= 0.3 is 0 Å². The van der Waals surface area contributed by atoms with Crippen molar-refractivity contribution in [2.45, 2.75) is 25.4 Å². The first-order valence-corrected chi connectivity index (χ1v) is 8.02. The zero-order valence-electron chi connectivity index (χ0n) is 13.1. The normalized spacial score (nSPS) is 24.3. The van der Waals surface area contributed by atoms with Crippen LogP contribution in [0.2, 0.25) is 0 Å². The Balaban J connectivity index is 1.59. The molecule has 0 spiro atoms. The highest BCUT2D eigenvalue weighted by atomic mass is 19.1. The Labute approximate surface area is 134 Å². The summed E-state index contributed by atoms with van der Waals surface area (Å²) in [5.74, 6) is 3.09. The van der Waals surface area contributed by atoms with Crippen LogP contribution in [-0.2, 0) is 11.3 Å². The number of hydrogen-bond donors (Lipinski definition) is 1. The van der Waals surface area contributed by atoms with Crippen molar-refractivity contribution in [3.8, 4) is 0 Å². The van der Waals surface area contributed by atoms with Crippen LogP contribution >= 0.6 is 0 Å². The van der Waals surface area contributed by atoms with Gasteiger partial charge in [-0.1, -0.05) is 0 Å². The highest BCUT2D eigenvalue weighted by Crippen LogP contribution is 2.47. The fourth-order valence-electron chi connectivity index (χ4n) is 3.56. The maximum Gasteiger partial charge on any atom is 0.165 e. The summed E-state index contributed by atoms with van der Waals surface area (Å²) in [4.78, 5) is 10.8. The highest BCUT2D eigenvalue weighted by molar-refractivity contribution is 5.42. The molecule has 1 saturated carbocycles. The van der Waals surface area contributed by atoms with Crippen molar-refractivity contribution in [1.29, 1.82) is 0 Å². The van der Waals surface area contributed by atoms with E-state index >= 15 is 0 Å². The van der Waals surface area contributed by atoms with E-state index in [0.29, 0.717) is 30.8 Å². The van der Waals surface area contributed by atoms with Gasteiger partial charge in [-0.25, -0.2) is 14.4 Å². The molecule has 2 aliphatic rings. The molecule has 7 heteroatoms. The van der Waals surface area contributed by atoms with E-state index in [2.05, 4.69) is 20.2 Å². The predicted molar refractivity (Wildman–Crippen MR) is 82.5 cm³/mol. The lowest BCUT2D eigenvalue weighted by Gasteiger charge is -2.17. The van der Waals surface area contributed by atoms with Gasteiger partial charge in [-0.2, -0.15) is 5.10 Å². The molecule has 2 aromatic rings. The van der Waals surface area contributed by atoms with Gasteiger partial charge in [0.1, 0.15) is 6.61 Å². The third-order valence-electron chi connectivity index (χ3n) is 4.79. The van der Waals surface area contributed by atoms with Crippen molar-refractivity contribution in [1.82, 2.24) is 20.2 Å². The summed E-state index contributed by atoms with van der Waals surface area (Å²) in [6, 6.07) is 3.09. The summed E-state index contributed by atoms with van der Waals surface area (Å²) in [5.41, 5.74) is 0. The summed E-state index contributed by atoms with van der Waals surface area (Å²) in [6.45, 7) is 1.95. The Morgan fingerprint density at radius 2 is 2.26 bits per heavy atom. The monoisotopic (exact) mass is 317 g/mol. The number of aromatic nitrogens is 4. The Bertz CT molecular complexity index is 687. The molecule has 2 fully saturated rings. The fraction of sp³-hybridized carbons (Fsp3) is 0.562. The van der Waals surface area contributed by atoms with Gasteiger partial charge in [0, 0.05) is 32.3 Å². The molecule has 3 heterocycles. The van der Waals surface area contributed by atoms with Crippen LogP contribution in [0.1, 0.15) is 30.4 Å². The molecule has 2 atom stereocenters. The maximum absolute atomic E-state index is 14.1. The second kappa shape index (κ2) is 5.88. The number of nitrogens with zero attached hydrogens (tertiary/aromatic N) is 4. The molecule has 0 unspecified atom stereocenters. The van der Waals surface area contributed by atoms with Crippen molar-refractivity contribution >= 4 is 5.82 Å². The Morgan fingerprint density at radius 3 is 3.00 bits per heavy atom. The van der Waals surface area contributed by atoms with Crippen LogP contribution in [0.5, 0.6) is 0 Å². The van der Waals surface area contributed by atoms with Gasteiger partial charge in [0.15, 0.2) is 23.3 Å². The SMILES string of the molecule is COCc1nc([C@H]2CN(c3ncccc3F)C[C@@H]2C2CC2)n[nH]1. The molecule has 1 aliphatic carbocycles. The molecule has 1 N–H and O–H groups in total. The van der Waals surface area contributed by atoms with E-state index < -0.39 is 0 Å². The molecule has 1 aliphatic heterocycles. The number of methoxy groups -OCH3 is 1. The summed E-state index contributed by atoms with van der Waals surface area (Å²) in [7, 11) is 1.64. The molecule has 4 rings (SSSR count). The third-order valence-corrected chi connectivity index (χ3v) is 4.79. The first-order valence-electron chi connectivity index (χ1n) is 8.02. The minimum absolute atomic E-state index is 0.214. The van der Waals surface area contributed by atoms with Crippen LogP contribution in [0.3, 0.4) is 0 Å². The standard InChI is InChI=1S/C16H20FN5O/c1-23-9-14-19-15(21-20-14)12-8-22(7-11(12)10-4-5-10)16-13(17)3-2-6-18-16/h2-3,6,10-12H,4-5,7-9H2,1H3,(H,19,20,21)/t11-,12+/m1/s1. The lowest BCUT2D eigenvalue weighted by Crippen LogP contribution is -2.22. The minimum atomic E-state index is -0.266. The third kappa shape index (κ3) is 2.81. The number of rotatable bonds is 5. The minimum Gasteiger partial charge on any atom is -0.377 e. The van der Waals surface area contributed by atoms with Gasteiger partial charge in [-0.05, 0) is 36.8 Å². The van der Waals surface area contributed by atoms with E-state index in [-0.39, 0.29) is 11.7 Å². The molecular weight excluding hydrogens is 297 g/mol. The van der Waals surface area contributed by atoms with Crippen LogP contribution in [0, 0.1) is 17.7 Å². The molecule has 6 nitrogen and oxygen atoms in total. The average molecular weight is 317 g/mol.